The van der Waals surface area contributed by atoms with Crippen molar-refractivity contribution in [2.75, 3.05) is 26.2 Å². The first-order valence-corrected chi connectivity index (χ1v) is 7.55. The maximum Gasteiger partial charge on any atom is 0.120 e. The van der Waals surface area contributed by atoms with Gasteiger partial charge < -0.3 is 10.4 Å². The van der Waals surface area contributed by atoms with Gasteiger partial charge in [0.2, 0.25) is 0 Å². The van der Waals surface area contributed by atoms with Crippen molar-refractivity contribution >= 4 is 11.6 Å². The van der Waals surface area contributed by atoms with Gasteiger partial charge in [-0.3, -0.25) is 4.90 Å². The van der Waals surface area contributed by atoms with Gasteiger partial charge in [-0.15, -0.1) is 0 Å². The first-order chi connectivity index (χ1) is 9.24. The van der Waals surface area contributed by atoms with Gasteiger partial charge in [0.25, 0.3) is 0 Å². The number of piperazine rings is 1. The molecule has 19 heavy (non-hydrogen) atoms. The fraction of sp³-hybridized carbons (Fsp3) is 0.600. The van der Waals surface area contributed by atoms with Gasteiger partial charge in [-0.25, -0.2) is 0 Å². The Bertz CT molecular complexity index is 442. The third kappa shape index (κ3) is 3.22. The third-order valence-electron chi connectivity index (χ3n) is 4.19. The number of hydrogen-bond acceptors (Lipinski definition) is 3. The fourth-order valence-corrected chi connectivity index (χ4v) is 3.11. The van der Waals surface area contributed by atoms with E-state index in [1.807, 2.05) is 6.07 Å². The minimum absolute atomic E-state index is 0.313. The summed E-state index contributed by atoms with van der Waals surface area (Å²) >= 11 is 6.11. The van der Waals surface area contributed by atoms with E-state index >= 15 is 0 Å². The Morgan fingerprint density at radius 2 is 2.05 bits per heavy atom. The molecule has 0 spiro atoms. The molecule has 4 heteroatoms. The predicted molar refractivity (Wildman–Crippen MR) is 77.6 cm³/mol. The minimum atomic E-state index is 0.313. The molecule has 1 heterocycles. The van der Waals surface area contributed by atoms with Crippen LogP contribution in [0, 0.1) is 5.92 Å². The second kappa shape index (κ2) is 5.70. The first kappa shape index (κ1) is 13.2. The number of rotatable bonds is 4. The van der Waals surface area contributed by atoms with Crippen LogP contribution < -0.4 is 5.32 Å². The van der Waals surface area contributed by atoms with Crippen LogP contribution in [0.25, 0.3) is 0 Å². The van der Waals surface area contributed by atoms with Gasteiger partial charge in [0.1, 0.15) is 5.75 Å². The molecule has 1 aromatic carbocycles. The molecule has 0 radical (unpaired) electrons. The summed E-state index contributed by atoms with van der Waals surface area (Å²) in [5, 5.41) is 14.3. The van der Waals surface area contributed by atoms with Crippen LogP contribution in [0.5, 0.6) is 5.75 Å². The topological polar surface area (TPSA) is 35.5 Å². The normalized spacial score (nSPS) is 22.4. The van der Waals surface area contributed by atoms with E-state index in [0.717, 1.165) is 44.1 Å². The van der Waals surface area contributed by atoms with Gasteiger partial charge in [0.15, 0.2) is 0 Å². The Labute approximate surface area is 119 Å². The Morgan fingerprint density at radius 3 is 2.74 bits per heavy atom. The van der Waals surface area contributed by atoms with Gasteiger partial charge >= 0.3 is 0 Å². The molecule has 0 aromatic heterocycles. The van der Waals surface area contributed by atoms with Crippen LogP contribution in [0.4, 0.5) is 0 Å². The zero-order valence-electron chi connectivity index (χ0n) is 11.1. The highest BCUT2D eigenvalue weighted by atomic mass is 35.5. The molecule has 3 rings (SSSR count). The molecule has 2 N–H and O–H groups in total. The summed E-state index contributed by atoms with van der Waals surface area (Å²) in [5.74, 6) is 1.21. The Balaban J connectivity index is 1.85. The molecular formula is C15H21ClN2O. The molecule has 3 nitrogen and oxygen atoms in total. The number of aromatic hydroxyl groups is 1. The number of benzene rings is 1. The highest BCUT2D eigenvalue weighted by Crippen LogP contribution is 2.42. The van der Waals surface area contributed by atoms with E-state index in [1.54, 1.807) is 12.1 Å². The van der Waals surface area contributed by atoms with E-state index in [0.29, 0.717) is 16.8 Å². The number of phenolic OH excluding ortho intramolecular Hbond substituents is 1. The van der Waals surface area contributed by atoms with Crippen LogP contribution in [0.3, 0.4) is 0 Å². The fourth-order valence-electron chi connectivity index (χ4n) is 2.93. The van der Waals surface area contributed by atoms with E-state index in [2.05, 4.69) is 10.2 Å². The van der Waals surface area contributed by atoms with Crippen molar-refractivity contribution in [2.45, 2.75) is 25.3 Å². The van der Waals surface area contributed by atoms with Crippen LogP contribution in [0.15, 0.2) is 18.2 Å². The van der Waals surface area contributed by atoms with Gasteiger partial charge in [-0.1, -0.05) is 24.4 Å². The Hall–Kier alpha value is -0.770. The molecule has 2 fully saturated rings. The lowest BCUT2D eigenvalue weighted by Gasteiger charge is -2.35. The second-order valence-corrected chi connectivity index (χ2v) is 6.12. The van der Waals surface area contributed by atoms with Crippen molar-refractivity contribution in [1.82, 2.24) is 10.2 Å². The summed E-state index contributed by atoms with van der Waals surface area (Å²) in [4.78, 5) is 2.49. The van der Waals surface area contributed by atoms with Crippen LogP contribution in [-0.4, -0.2) is 36.2 Å². The SMILES string of the molecule is Oc1ccc(Cl)cc1[C@@H](CC1CC1)N1CCNCC1. The van der Waals surface area contributed by atoms with Crippen molar-refractivity contribution in [2.24, 2.45) is 5.92 Å². The second-order valence-electron chi connectivity index (χ2n) is 5.68. The highest BCUT2D eigenvalue weighted by molar-refractivity contribution is 6.30. The van der Waals surface area contributed by atoms with E-state index in [9.17, 15) is 5.11 Å². The highest BCUT2D eigenvalue weighted by Gasteiger charge is 2.31. The minimum Gasteiger partial charge on any atom is -0.508 e. The lowest BCUT2D eigenvalue weighted by atomic mass is 9.98. The maximum atomic E-state index is 10.2. The number of halogens is 1. The van der Waals surface area contributed by atoms with Crippen LogP contribution in [0.1, 0.15) is 30.9 Å². The van der Waals surface area contributed by atoms with Crippen LogP contribution in [-0.2, 0) is 0 Å². The van der Waals surface area contributed by atoms with Crippen molar-refractivity contribution in [3.05, 3.63) is 28.8 Å². The molecule has 1 aliphatic carbocycles. The molecule has 2 aliphatic rings. The van der Waals surface area contributed by atoms with E-state index in [4.69, 9.17) is 11.6 Å². The quantitative estimate of drug-likeness (QED) is 0.890. The van der Waals surface area contributed by atoms with E-state index in [-0.39, 0.29) is 0 Å². The number of nitrogens with zero attached hydrogens (tertiary/aromatic N) is 1. The zero-order valence-corrected chi connectivity index (χ0v) is 11.9. The number of phenols is 1. The van der Waals surface area contributed by atoms with Gasteiger partial charge in [-0.05, 0) is 30.5 Å². The average Bonchev–Trinajstić information content (AvgIpc) is 3.24. The molecule has 104 valence electrons. The van der Waals surface area contributed by atoms with Gasteiger partial charge in [0, 0.05) is 42.8 Å². The molecule has 0 unspecified atom stereocenters. The summed E-state index contributed by atoms with van der Waals surface area (Å²) < 4.78 is 0. The van der Waals surface area contributed by atoms with Crippen molar-refractivity contribution in [3.8, 4) is 5.75 Å². The van der Waals surface area contributed by atoms with E-state index < -0.39 is 0 Å². The monoisotopic (exact) mass is 280 g/mol. The maximum absolute atomic E-state index is 10.2. The predicted octanol–water partition coefficient (Wildman–Crippen LogP) is 2.79. The van der Waals surface area contributed by atoms with Crippen molar-refractivity contribution in [1.29, 1.82) is 0 Å². The molecule has 1 atom stereocenters. The van der Waals surface area contributed by atoms with Gasteiger partial charge in [0.05, 0.1) is 0 Å². The zero-order chi connectivity index (χ0) is 13.2. The summed E-state index contributed by atoms with van der Waals surface area (Å²) in [6.07, 6.45) is 3.82. The molecule has 1 aromatic rings. The average molecular weight is 281 g/mol. The standard InChI is InChI=1S/C15H21ClN2O/c16-12-3-4-15(19)13(10-12)14(9-11-1-2-11)18-7-5-17-6-8-18/h3-4,10-11,14,17,19H,1-2,5-9H2/t14-/m1/s1. The third-order valence-corrected chi connectivity index (χ3v) is 4.43. The van der Waals surface area contributed by atoms with E-state index in [1.165, 1.54) is 12.8 Å². The summed E-state index contributed by atoms with van der Waals surface area (Å²) in [5.41, 5.74) is 1.00. The molecule has 1 saturated heterocycles. The summed E-state index contributed by atoms with van der Waals surface area (Å²) in [7, 11) is 0. The number of nitrogens with one attached hydrogen (secondary N) is 1. The molecular weight excluding hydrogens is 260 g/mol. The Kier molecular flexibility index (Phi) is 3.96. The first-order valence-electron chi connectivity index (χ1n) is 7.17. The molecule has 1 saturated carbocycles. The van der Waals surface area contributed by atoms with Crippen molar-refractivity contribution in [3.63, 3.8) is 0 Å². The lowest BCUT2D eigenvalue weighted by Crippen LogP contribution is -2.45. The van der Waals surface area contributed by atoms with Crippen LogP contribution in [0.2, 0.25) is 5.02 Å². The largest absolute Gasteiger partial charge is 0.508 e. The van der Waals surface area contributed by atoms with Crippen LogP contribution >= 0.6 is 11.6 Å². The van der Waals surface area contributed by atoms with Gasteiger partial charge in [-0.2, -0.15) is 0 Å². The number of hydrogen-bond donors (Lipinski definition) is 2. The molecule has 1 aliphatic heterocycles. The smallest absolute Gasteiger partial charge is 0.120 e. The summed E-state index contributed by atoms with van der Waals surface area (Å²) in [6, 6.07) is 5.73. The molecule has 0 bridgehead atoms. The van der Waals surface area contributed by atoms with Crippen molar-refractivity contribution < 1.29 is 5.11 Å². The molecule has 0 amide bonds. The lowest BCUT2D eigenvalue weighted by molar-refractivity contribution is 0.158. The Morgan fingerprint density at radius 1 is 1.32 bits per heavy atom. The summed E-state index contributed by atoms with van der Waals surface area (Å²) in [6.45, 7) is 4.15.